The summed E-state index contributed by atoms with van der Waals surface area (Å²) in [7, 11) is 0. The van der Waals surface area contributed by atoms with Crippen LogP contribution in [0.4, 0.5) is 32.2 Å². The van der Waals surface area contributed by atoms with Gasteiger partial charge in [0.25, 0.3) is 5.91 Å². The third kappa shape index (κ3) is 5.31. The van der Waals surface area contributed by atoms with Crippen LogP contribution in [0.3, 0.4) is 0 Å². The average Bonchev–Trinajstić information content (AvgIpc) is 2.66. The van der Waals surface area contributed by atoms with Crippen LogP contribution >= 0.6 is 23.4 Å². The number of halogens is 7. The summed E-state index contributed by atoms with van der Waals surface area (Å²) in [6, 6.07) is 6.24. The fourth-order valence-electron chi connectivity index (χ4n) is 2.97. The van der Waals surface area contributed by atoms with Crippen molar-refractivity contribution in [1.82, 2.24) is 9.88 Å². The van der Waals surface area contributed by atoms with Crippen molar-refractivity contribution in [1.29, 1.82) is 0 Å². The molecule has 0 bridgehead atoms. The highest BCUT2D eigenvalue weighted by Crippen LogP contribution is 2.39. The van der Waals surface area contributed by atoms with Gasteiger partial charge in [-0.25, -0.2) is 4.98 Å². The lowest BCUT2D eigenvalue weighted by Crippen LogP contribution is -2.49. The van der Waals surface area contributed by atoms with Crippen LogP contribution in [0.15, 0.2) is 41.4 Å². The van der Waals surface area contributed by atoms with Crippen molar-refractivity contribution >= 4 is 35.1 Å². The van der Waals surface area contributed by atoms with Gasteiger partial charge in [-0.15, -0.1) is 0 Å². The van der Waals surface area contributed by atoms with Crippen molar-refractivity contribution in [2.75, 3.05) is 31.1 Å². The molecule has 2 heterocycles. The summed E-state index contributed by atoms with van der Waals surface area (Å²) < 4.78 is 76.5. The minimum Gasteiger partial charge on any atom is -0.352 e. The number of amides is 1. The Hall–Kier alpha value is -2.14. The molecule has 12 heteroatoms. The molecule has 1 amide bonds. The number of hydrogen-bond donors (Lipinski definition) is 0. The van der Waals surface area contributed by atoms with E-state index in [2.05, 4.69) is 4.98 Å². The Bertz CT molecular complexity index is 929. The summed E-state index contributed by atoms with van der Waals surface area (Å²) in [5.74, 6) is -0.390. The number of carbonyl (C=O) groups excluding carboxylic acids is 1. The Kier molecular flexibility index (Phi) is 6.42. The Morgan fingerprint density at radius 1 is 1.03 bits per heavy atom. The molecule has 2 aromatic rings. The highest BCUT2D eigenvalue weighted by atomic mass is 35.5. The molecule has 1 aromatic carbocycles. The normalized spacial score (nSPS) is 15.4. The first-order chi connectivity index (χ1) is 14.0. The zero-order valence-electron chi connectivity index (χ0n) is 15.1. The second-order valence-corrected chi connectivity index (χ2v) is 7.86. The van der Waals surface area contributed by atoms with Crippen molar-refractivity contribution in [2.24, 2.45) is 0 Å². The molecule has 30 heavy (non-hydrogen) atoms. The number of anilines is 1. The third-order valence-electron chi connectivity index (χ3n) is 4.36. The summed E-state index contributed by atoms with van der Waals surface area (Å²) in [6.45, 7) is 0.753. The molecule has 0 radical (unpaired) electrons. The first-order valence-electron chi connectivity index (χ1n) is 8.57. The predicted octanol–water partition coefficient (Wildman–Crippen LogP) is 5.33. The van der Waals surface area contributed by atoms with Gasteiger partial charge in [-0.05, 0) is 30.0 Å². The predicted molar refractivity (Wildman–Crippen MR) is 101 cm³/mol. The molecule has 1 fully saturated rings. The lowest BCUT2D eigenvalue weighted by molar-refractivity contribution is -0.137. The van der Waals surface area contributed by atoms with E-state index in [0.717, 1.165) is 6.07 Å². The van der Waals surface area contributed by atoms with E-state index in [0.29, 0.717) is 6.20 Å². The maximum absolute atomic E-state index is 12.8. The first kappa shape index (κ1) is 22.5. The highest BCUT2D eigenvalue weighted by Gasteiger charge is 2.34. The zero-order valence-corrected chi connectivity index (χ0v) is 16.7. The molecule has 4 nitrogen and oxygen atoms in total. The lowest BCUT2D eigenvalue weighted by atomic mass is 10.1. The van der Waals surface area contributed by atoms with Crippen molar-refractivity contribution in [3.05, 3.63) is 52.7 Å². The van der Waals surface area contributed by atoms with E-state index in [1.54, 1.807) is 4.90 Å². The maximum atomic E-state index is 12.8. The van der Waals surface area contributed by atoms with E-state index in [1.165, 1.54) is 29.2 Å². The molecule has 0 N–H and O–H groups in total. The second-order valence-electron chi connectivity index (χ2n) is 6.35. The smallest absolute Gasteiger partial charge is 0.352 e. The Balaban J connectivity index is 1.70. The molecule has 0 saturated carbocycles. The molecule has 0 unspecified atom stereocenters. The molecule has 0 atom stereocenters. The Morgan fingerprint density at radius 3 is 2.23 bits per heavy atom. The molecule has 0 spiro atoms. The van der Waals surface area contributed by atoms with Crippen LogP contribution in [0, 0.1) is 0 Å². The van der Waals surface area contributed by atoms with E-state index in [9.17, 15) is 31.1 Å². The van der Waals surface area contributed by atoms with Gasteiger partial charge in [0.05, 0.1) is 16.1 Å². The van der Waals surface area contributed by atoms with Gasteiger partial charge in [-0.1, -0.05) is 23.7 Å². The number of benzene rings is 1. The SMILES string of the molecule is O=C(c1ccccc1SC(F)(F)F)N1CCN(c2ncc(C(F)(F)F)cc2Cl)CC1. The van der Waals surface area contributed by atoms with Gasteiger partial charge >= 0.3 is 11.7 Å². The van der Waals surface area contributed by atoms with E-state index < -0.39 is 23.2 Å². The minimum atomic E-state index is -4.57. The number of pyridine rings is 1. The molecule has 162 valence electrons. The molecule has 3 rings (SSSR count). The van der Waals surface area contributed by atoms with E-state index in [4.69, 9.17) is 11.6 Å². The Morgan fingerprint density at radius 2 is 1.67 bits per heavy atom. The minimum absolute atomic E-state index is 0.0565. The number of hydrogen-bond acceptors (Lipinski definition) is 4. The van der Waals surface area contributed by atoms with E-state index >= 15 is 0 Å². The fourth-order valence-corrected chi connectivity index (χ4v) is 3.91. The molecule has 1 aliphatic heterocycles. The number of alkyl halides is 6. The van der Waals surface area contributed by atoms with Crippen LogP contribution in [0.25, 0.3) is 0 Å². The van der Waals surface area contributed by atoms with Gasteiger partial charge in [-0.3, -0.25) is 4.79 Å². The van der Waals surface area contributed by atoms with Crippen LogP contribution < -0.4 is 4.90 Å². The van der Waals surface area contributed by atoms with Crippen LogP contribution in [-0.4, -0.2) is 47.5 Å². The van der Waals surface area contributed by atoms with Crippen LogP contribution in [-0.2, 0) is 6.18 Å². The largest absolute Gasteiger partial charge is 0.446 e. The summed E-state index contributed by atoms with van der Waals surface area (Å²) in [4.78, 5) is 19.4. The number of carbonyl (C=O) groups is 1. The highest BCUT2D eigenvalue weighted by molar-refractivity contribution is 8.00. The van der Waals surface area contributed by atoms with Crippen LogP contribution in [0.2, 0.25) is 5.02 Å². The number of rotatable bonds is 3. The molecule has 0 aliphatic carbocycles. The quantitative estimate of drug-likeness (QED) is 0.450. The lowest BCUT2D eigenvalue weighted by Gasteiger charge is -2.36. The van der Waals surface area contributed by atoms with Crippen molar-refractivity contribution in [3.8, 4) is 0 Å². The molecular formula is C18H14ClF6N3OS. The summed E-state index contributed by atoms with van der Waals surface area (Å²) in [5.41, 5.74) is -5.55. The van der Waals surface area contributed by atoms with Gasteiger partial charge in [-0.2, -0.15) is 26.3 Å². The number of nitrogens with zero attached hydrogens (tertiary/aromatic N) is 3. The standard InChI is InChI=1S/C18H14ClF6N3OS/c19-13-9-11(17(20,21)22)10-26-15(13)27-5-7-28(8-6-27)16(29)12-3-1-2-4-14(12)30-18(23,24)25/h1-4,9-10H,5-8H2. The molecule has 1 saturated heterocycles. The fraction of sp³-hybridized carbons (Fsp3) is 0.333. The van der Waals surface area contributed by atoms with Gasteiger partial charge in [0.15, 0.2) is 0 Å². The number of aromatic nitrogens is 1. The van der Waals surface area contributed by atoms with Crippen LogP contribution in [0.5, 0.6) is 0 Å². The van der Waals surface area contributed by atoms with Crippen LogP contribution in [0.1, 0.15) is 15.9 Å². The van der Waals surface area contributed by atoms with Gasteiger partial charge < -0.3 is 9.80 Å². The molecule has 1 aliphatic rings. The van der Waals surface area contributed by atoms with Gasteiger partial charge in [0, 0.05) is 37.3 Å². The average molecular weight is 470 g/mol. The van der Waals surface area contributed by atoms with Crippen molar-refractivity contribution < 1.29 is 31.1 Å². The zero-order chi connectivity index (χ0) is 22.1. The Labute approximate surface area is 176 Å². The van der Waals surface area contributed by atoms with Gasteiger partial charge in [0.1, 0.15) is 5.82 Å². The first-order valence-corrected chi connectivity index (χ1v) is 9.77. The summed E-state index contributed by atoms with van der Waals surface area (Å²) in [5, 5.41) is -0.170. The third-order valence-corrected chi connectivity index (χ3v) is 5.44. The summed E-state index contributed by atoms with van der Waals surface area (Å²) in [6.07, 6.45) is -3.88. The van der Waals surface area contributed by atoms with Crippen molar-refractivity contribution in [3.63, 3.8) is 0 Å². The van der Waals surface area contributed by atoms with Gasteiger partial charge in [0.2, 0.25) is 0 Å². The van der Waals surface area contributed by atoms with Crippen molar-refractivity contribution in [2.45, 2.75) is 16.6 Å². The number of thioether (sulfide) groups is 1. The number of piperazine rings is 1. The molecule has 1 aromatic heterocycles. The maximum Gasteiger partial charge on any atom is 0.446 e. The molecular weight excluding hydrogens is 456 g/mol. The van der Waals surface area contributed by atoms with E-state index in [-0.39, 0.29) is 59.2 Å². The topological polar surface area (TPSA) is 36.4 Å². The van der Waals surface area contributed by atoms with E-state index in [1.807, 2.05) is 0 Å². The second kappa shape index (κ2) is 8.54. The summed E-state index contributed by atoms with van der Waals surface area (Å²) >= 11 is 5.60. The monoisotopic (exact) mass is 469 g/mol.